The second kappa shape index (κ2) is 9.69. The van der Waals surface area contributed by atoms with Crippen molar-refractivity contribution in [3.8, 4) is 38.8 Å². The Morgan fingerprint density at radius 3 is 2.55 bits per heavy atom. The van der Waals surface area contributed by atoms with E-state index in [1.165, 1.54) is 24.3 Å². The zero-order chi connectivity index (χ0) is 27.2. The number of benzene rings is 2. The molecule has 0 atom stereocenters. The van der Waals surface area contributed by atoms with Gasteiger partial charge in [0.15, 0.2) is 16.5 Å². The monoisotopic (exact) mass is 560 g/mol. The van der Waals surface area contributed by atoms with Crippen molar-refractivity contribution in [2.24, 2.45) is 0 Å². The quantitative estimate of drug-likeness (QED) is 0.214. The molecule has 0 unspecified atom stereocenters. The zero-order valence-corrected chi connectivity index (χ0v) is 21.3. The number of halogens is 5. The summed E-state index contributed by atoms with van der Waals surface area (Å²) in [6.07, 6.45) is -3.84. The number of allylic oxidation sites excluding steroid dienone is 1. The van der Waals surface area contributed by atoms with Gasteiger partial charge in [0.25, 0.3) is 0 Å². The third-order valence-electron chi connectivity index (χ3n) is 5.36. The second-order valence-electron chi connectivity index (χ2n) is 8.23. The number of hydrogen-bond donors (Lipinski definition) is 1. The first kappa shape index (κ1) is 25.6. The van der Waals surface area contributed by atoms with Gasteiger partial charge in [0.1, 0.15) is 16.5 Å². The van der Waals surface area contributed by atoms with Gasteiger partial charge in [0.05, 0.1) is 33.6 Å². The van der Waals surface area contributed by atoms with Crippen LogP contribution in [0.2, 0.25) is 5.02 Å². The molecule has 3 heterocycles. The van der Waals surface area contributed by atoms with Crippen LogP contribution in [0.5, 0.6) is 0 Å². The molecule has 38 heavy (non-hydrogen) atoms. The van der Waals surface area contributed by atoms with Gasteiger partial charge < -0.3 is 9.84 Å². The van der Waals surface area contributed by atoms with Crippen molar-refractivity contribution in [1.82, 2.24) is 25.1 Å². The van der Waals surface area contributed by atoms with Crippen molar-refractivity contribution in [3.63, 3.8) is 0 Å². The minimum absolute atomic E-state index is 0.000837. The van der Waals surface area contributed by atoms with Crippen molar-refractivity contribution in [2.75, 3.05) is 5.32 Å². The standard InChI is InChI=1S/C25H17ClF4N6OS/c1-12(2)32-14-6-4-7-15(10-14)36-23(25(28,29)30)16(11-31-36)22-20(24-34-33-13(3)38-24)21(35-37-22)19-17(26)8-5-9-18(19)27/h4-11,32H,1H2,2-3H3. The van der Waals surface area contributed by atoms with E-state index >= 15 is 0 Å². The van der Waals surface area contributed by atoms with E-state index in [4.69, 9.17) is 16.1 Å². The van der Waals surface area contributed by atoms with Crippen molar-refractivity contribution in [3.05, 3.63) is 82.5 Å². The molecule has 0 amide bonds. The molecule has 0 spiro atoms. The van der Waals surface area contributed by atoms with Crippen LogP contribution < -0.4 is 5.32 Å². The molecule has 0 saturated heterocycles. The lowest BCUT2D eigenvalue weighted by Gasteiger charge is -2.14. The predicted octanol–water partition coefficient (Wildman–Crippen LogP) is 7.78. The van der Waals surface area contributed by atoms with E-state index in [1.807, 2.05) is 0 Å². The third-order valence-corrected chi connectivity index (χ3v) is 6.53. The van der Waals surface area contributed by atoms with Crippen LogP contribution in [0.25, 0.3) is 38.8 Å². The SMILES string of the molecule is C=C(C)Nc1cccc(-n2ncc(-c3onc(-c4c(F)cccc4Cl)c3-c3nnc(C)s3)c2C(F)(F)F)c1. The lowest BCUT2D eigenvalue weighted by atomic mass is 10.0. The van der Waals surface area contributed by atoms with Crippen LogP contribution in [0.3, 0.4) is 0 Å². The van der Waals surface area contributed by atoms with Crippen LogP contribution in [0, 0.1) is 12.7 Å². The summed E-state index contributed by atoms with van der Waals surface area (Å²) in [5.41, 5.74) is -0.469. The van der Waals surface area contributed by atoms with Crippen LogP contribution in [-0.4, -0.2) is 25.1 Å². The molecule has 1 N–H and O–H groups in total. The summed E-state index contributed by atoms with van der Waals surface area (Å²) in [4.78, 5) is 0. The Morgan fingerprint density at radius 1 is 1.13 bits per heavy atom. The summed E-state index contributed by atoms with van der Waals surface area (Å²) in [6.45, 7) is 7.15. The molecule has 194 valence electrons. The molecule has 0 fully saturated rings. The van der Waals surface area contributed by atoms with Gasteiger partial charge in [0.2, 0.25) is 0 Å². The molecule has 0 bridgehead atoms. The molecular weight excluding hydrogens is 544 g/mol. The highest BCUT2D eigenvalue weighted by Gasteiger charge is 2.41. The second-order valence-corrected chi connectivity index (χ2v) is 9.82. The summed E-state index contributed by atoms with van der Waals surface area (Å²) < 4.78 is 64.8. The summed E-state index contributed by atoms with van der Waals surface area (Å²) in [6, 6.07) is 10.3. The number of aromatic nitrogens is 5. The molecule has 5 aromatic rings. The summed E-state index contributed by atoms with van der Waals surface area (Å²) in [5, 5.41) is 19.7. The molecule has 3 aromatic heterocycles. The number of aryl methyl sites for hydroxylation is 1. The highest BCUT2D eigenvalue weighted by atomic mass is 35.5. The van der Waals surface area contributed by atoms with Crippen molar-refractivity contribution in [1.29, 1.82) is 0 Å². The third kappa shape index (κ3) is 4.68. The summed E-state index contributed by atoms with van der Waals surface area (Å²) >= 11 is 7.35. The topological polar surface area (TPSA) is 81.7 Å². The van der Waals surface area contributed by atoms with Gasteiger partial charge in [-0.1, -0.05) is 46.8 Å². The fourth-order valence-electron chi connectivity index (χ4n) is 3.91. The van der Waals surface area contributed by atoms with Crippen molar-refractivity contribution in [2.45, 2.75) is 20.0 Å². The van der Waals surface area contributed by atoms with E-state index in [-0.39, 0.29) is 38.3 Å². The number of anilines is 1. The highest BCUT2D eigenvalue weighted by Crippen LogP contribution is 2.47. The van der Waals surface area contributed by atoms with Gasteiger partial charge >= 0.3 is 6.18 Å². The highest BCUT2D eigenvalue weighted by molar-refractivity contribution is 7.14. The molecule has 13 heteroatoms. The van der Waals surface area contributed by atoms with Crippen LogP contribution in [-0.2, 0) is 6.18 Å². The normalized spacial score (nSPS) is 11.7. The fourth-order valence-corrected chi connectivity index (χ4v) is 4.90. The number of hydrogen-bond acceptors (Lipinski definition) is 7. The van der Waals surface area contributed by atoms with Crippen LogP contribution in [0.1, 0.15) is 17.6 Å². The Bertz CT molecular complexity index is 1650. The van der Waals surface area contributed by atoms with E-state index in [9.17, 15) is 17.6 Å². The van der Waals surface area contributed by atoms with E-state index in [0.717, 1.165) is 28.3 Å². The molecule has 0 aliphatic rings. The van der Waals surface area contributed by atoms with Gasteiger partial charge in [0, 0.05) is 11.4 Å². The molecule has 0 aliphatic heterocycles. The van der Waals surface area contributed by atoms with Crippen LogP contribution >= 0.6 is 22.9 Å². The summed E-state index contributed by atoms with van der Waals surface area (Å²) in [7, 11) is 0. The first-order valence-corrected chi connectivity index (χ1v) is 12.2. The minimum atomic E-state index is -4.86. The van der Waals surface area contributed by atoms with Crippen molar-refractivity contribution < 1.29 is 22.1 Å². The molecule has 5 rings (SSSR count). The maximum absolute atomic E-state index is 14.9. The Morgan fingerprint density at radius 2 is 1.89 bits per heavy atom. The Balaban J connectivity index is 1.77. The lowest BCUT2D eigenvalue weighted by Crippen LogP contribution is -2.14. The largest absolute Gasteiger partial charge is 0.434 e. The van der Waals surface area contributed by atoms with E-state index in [1.54, 1.807) is 26.0 Å². The molecule has 7 nitrogen and oxygen atoms in total. The van der Waals surface area contributed by atoms with E-state index in [2.05, 4.69) is 32.3 Å². The number of rotatable bonds is 6. The number of nitrogens with one attached hydrogen (secondary N) is 1. The van der Waals surface area contributed by atoms with E-state index < -0.39 is 23.3 Å². The maximum Gasteiger partial charge on any atom is 0.434 e. The van der Waals surface area contributed by atoms with Crippen molar-refractivity contribution >= 4 is 28.6 Å². The van der Waals surface area contributed by atoms with Gasteiger partial charge in [-0.05, 0) is 44.2 Å². The minimum Gasteiger partial charge on any atom is -0.360 e. The lowest BCUT2D eigenvalue weighted by molar-refractivity contribution is -0.142. The Hall–Kier alpha value is -4.03. The molecular formula is C25H17ClF4N6OS. The predicted molar refractivity (Wildman–Crippen MR) is 137 cm³/mol. The Kier molecular flexibility index (Phi) is 6.53. The van der Waals surface area contributed by atoms with Gasteiger partial charge in [-0.3, -0.25) is 0 Å². The fraction of sp³-hybridized carbons (Fsp3) is 0.120. The first-order valence-electron chi connectivity index (χ1n) is 11.0. The number of nitrogens with zero attached hydrogens (tertiary/aromatic N) is 5. The van der Waals surface area contributed by atoms with E-state index in [0.29, 0.717) is 16.4 Å². The molecule has 0 radical (unpaired) electrons. The first-order chi connectivity index (χ1) is 18.0. The average molecular weight is 561 g/mol. The average Bonchev–Trinajstić information content (AvgIpc) is 3.56. The number of alkyl halides is 3. The Labute approximate surface area is 222 Å². The van der Waals surface area contributed by atoms with Gasteiger partial charge in [-0.25, -0.2) is 9.07 Å². The van der Waals surface area contributed by atoms with Crippen LogP contribution in [0.15, 0.2) is 65.5 Å². The smallest absolute Gasteiger partial charge is 0.360 e. The van der Waals surface area contributed by atoms with Gasteiger partial charge in [-0.15, -0.1) is 10.2 Å². The van der Waals surface area contributed by atoms with Gasteiger partial charge in [-0.2, -0.15) is 18.3 Å². The molecule has 2 aromatic carbocycles. The zero-order valence-electron chi connectivity index (χ0n) is 19.8. The van der Waals surface area contributed by atoms with Crippen LogP contribution in [0.4, 0.5) is 23.2 Å². The molecule has 0 saturated carbocycles. The maximum atomic E-state index is 14.9. The summed E-state index contributed by atoms with van der Waals surface area (Å²) in [5.74, 6) is -1.03. The molecule has 0 aliphatic carbocycles.